The summed E-state index contributed by atoms with van der Waals surface area (Å²) in [5.41, 5.74) is 5.78. The van der Waals surface area contributed by atoms with Gasteiger partial charge in [0.2, 0.25) is 11.7 Å². The van der Waals surface area contributed by atoms with Gasteiger partial charge in [0.1, 0.15) is 5.76 Å². The van der Waals surface area contributed by atoms with E-state index in [0.717, 1.165) is 5.56 Å². The number of rotatable bonds is 5. The van der Waals surface area contributed by atoms with Crippen LogP contribution in [0.1, 0.15) is 21.9 Å². The van der Waals surface area contributed by atoms with Gasteiger partial charge >= 0.3 is 5.97 Å². The molecule has 1 rings (SSSR count). The molecule has 0 aliphatic rings. The predicted molar refractivity (Wildman–Crippen MR) is 55.9 cm³/mol. The van der Waals surface area contributed by atoms with E-state index in [0.29, 0.717) is 12.3 Å². The summed E-state index contributed by atoms with van der Waals surface area (Å²) in [7, 11) is 1.72. The number of aromatic carboxylic acids is 1. The average molecular weight is 226 g/mol. The number of nitrogens with two attached hydrogens (primary N) is 1. The first-order valence-corrected chi connectivity index (χ1v) is 4.69. The van der Waals surface area contributed by atoms with Crippen LogP contribution in [-0.2, 0) is 11.3 Å². The first kappa shape index (κ1) is 12.3. The molecular formula is C10H14N2O4. The summed E-state index contributed by atoms with van der Waals surface area (Å²) >= 11 is 0. The van der Waals surface area contributed by atoms with Crippen molar-refractivity contribution in [3.8, 4) is 0 Å². The van der Waals surface area contributed by atoms with E-state index in [-0.39, 0.29) is 12.3 Å². The van der Waals surface area contributed by atoms with Gasteiger partial charge in [-0.3, -0.25) is 9.69 Å². The third kappa shape index (κ3) is 3.09. The van der Waals surface area contributed by atoms with Crippen LogP contribution in [0, 0.1) is 6.92 Å². The number of nitrogens with zero attached hydrogens (tertiary/aromatic N) is 1. The molecule has 0 radical (unpaired) electrons. The maximum atomic E-state index is 10.7. The molecule has 6 nitrogen and oxygen atoms in total. The number of furan rings is 1. The molecule has 0 fully saturated rings. The molecule has 16 heavy (non-hydrogen) atoms. The fourth-order valence-corrected chi connectivity index (χ4v) is 1.39. The Bertz CT molecular complexity index is 411. The number of carboxylic acids is 1. The van der Waals surface area contributed by atoms with Crippen LogP contribution in [0.4, 0.5) is 0 Å². The van der Waals surface area contributed by atoms with E-state index < -0.39 is 11.9 Å². The van der Waals surface area contributed by atoms with Gasteiger partial charge in [0.15, 0.2) is 0 Å². The van der Waals surface area contributed by atoms with E-state index in [4.69, 9.17) is 15.3 Å². The molecule has 1 amide bonds. The Morgan fingerprint density at radius 3 is 2.62 bits per heavy atom. The summed E-state index contributed by atoms with van der Waals surface area (Å²) in [5.74, 6) is -1.09. The van der Waals surface area contributed by atoms with Crippen LogP contribution in [0.15, 0.2) is 10.5 Å². The summed E-state index contributed by atoms with van der Waals surface area (Å²) in [6.07, 6.45) is 0. The Balaban J connectivity index is 2.73. The second kappa shape index (κ2) is 4.80. The average Bonchev–Trinajstić information content (AvgIpc) is 2.46. The van der Waals surface area contributed by atoms with E-state index in [9.17, 15) is 9.59 Å². The number of amides is 1. The third-order valence-corrected chi connectivity index (χ3v) is 2.10. The van der Waals surface area contributed by atoms with Crippen LogP contribution in [0.2, 0.25) is 0 Å². The number of primary amides is 1. The zero-order valence-electron chi connectivity index (χ0n) is 9.19. The van der Waals surface area contributed by atoms with Gasteiger partial charge in [0, 0.05) is 12.1 Å². The smallest absolute Gasteiger partial charge is 0.371 e. The van der Waals surface area contributed by atoms with Gasteiger partial charge in [-0.25, -0.2) is 4.79 Å². The molecule has 6 heteroatoms. The Morgan fingerprint density at radius 2 is 2.19 bits per heavy atom. The quantitative estimate of drug-likeness (QED) is 0.747. The summed E-state index contributed by atoms with van der Waals surface area (Å²) in [4.78, 5) is 23.0. The van der Waals surface area contributed by atoms with E-state index >= 15 is 0 Å². The van der Waals surface area contributed by atoms with Crippen LogP contribution < -0.4 is 5.73 Å². The minimum atomic E-state index is -1.10. The molecule has 0 bridgehead atoms. The van der Waals surface area contributed by atoms with Crippen molar-refractivity contribution in [3.63, 3.8) is 0 Å². The number of hydrogen-bond acceptors (Lipinski definition) is 4. The Morgan fingerprint density at radius 1 is 1.56 bits per heavy atom. The molecule has 0 saturated carbocycles. The molecule has 0 spiro atoms. The first-order valence-electron chi connectivity index (χ1n) is 4.69. The van der Waals surface area contributed by atoms with Crippen molar-refractivity contribution in [2.45, 2.75) is 13.5 Å². The monoisotopic (exact) mass is 226 g/mol. The lowest BCUT2D eigenvalue weighted by Gasteiger charge is -2.13. The number of hydrogen-bond donors (Lipinski definition) is 2. The largest absolute Gasteiger partial charge is 0.475 e. The van der Waals surface area contributed by atoms with Gasteiger partial charge in [-0.15, -0.1) is 0 Å². The fourth-order valence-electron chi connectivity index (χ4n) is 1.39. The Hall–Kier alpha value is -1.82. The van der Waals surface area contributed by atoms with Crippen molar-refractivity contribution in [2.75, 3.05) is 13.6 Å². The minimum Gasteiger partial charge on any atom is -0.475 e. The van der Waals surface area contributed by atoms with Gasteiger partial charge in [0.05, 0.1) is 6.54 Å². The fraction of sp³-hybridized carbons (Fsp3) is 0.400. The number of carbonyl (C=O) groups is 2. The third-order valence-electron chi connectivity index (χ3n) is 2.10. The molecule has 3 N–H and O–H groups in total. The molecule has 0 atom stereocenters. The molecule has 0 aliphatic carbocycles. The highest BCUT2D eigenvalue weighted by Gasteiger charge is 2.14. The lowest BCUT2D eigenvalue weighted by molar-refractivity contribution is -0.118. The van der Waals surface area contributed by atoms with Gasteiger partial charge in [0.25, 0.3) is 0 Å². The lowest BCUT2D eigenvalue weighted by atomic mass is 10.2. The zero-order chi connectivity index (χ0) is 12.3. The number of carboxylic acid groups (broad SMARTS) is 1. The van der Waals surface area contributed by atoms with Crippen LogP contribution in [0.5, 0.6) is 0 Å². The second-order valence-electron chi connectivity index (χ2n) is 3.64. The lowest BCUT2D eigenvalue weighted by Crippen LogP contribution is -2.30. The Kier molecular flexibility index (Phi) is 3.68. The highest BCUT2D eigenvalue weighted by Crippen LogP contribution is 2.16. The number of likely N-dealkylation sites (N-methyl/N-ethyl adjacent to an activating group) is 1. The predicted octanol–water partition coefficient (Wildman–Crippen LogP) is 0.203. The van der Waals surface area contributed by atoms with Gasteiger partial charge in [-0.1, -0.05) is 0 Å². The first-order chi connectivity index (χ1) is 7.40. The topological polar surface area (TPSA) is 96.8 Å². The number of aryl methyl sites for hydroxylation is 1. The van der Waals surface area contributed by atoms with Gasteiger partial charge in [-0.2, -0.15) is 0 Å². The van der Waals surface area contributed by atoms with Crippen molar-refractivity contribution in [2.24, 2.45) is 5.73 Å². The molecular weight excluding hydrogens is 212 g/mol. The highest BCUT2D eigenvalue weighted by molar-refractivity contribution is 5.84. The second-order valence-corrected chi connectivity index (χ2v) is 3.64. The molecule has 1 heterocycles. The molecule has 1 aromatic heterocycles. The summed E-state index contributed by atoms with van der Waals surface area (Å²) in [5, 5.41) is 8.72. The molecule has 0 aromatic carbocycles. The van der Waals surface area contributed by atoms with Crippen molar-refractivity contribution in [1.29, 1.82) is 0 Å². The maximum absolute atomic E-state index is 10.7. The van der Waals surface area contributed by atoms with Crippen LogP contribution in [-0.4, -0.2) is 35.5 Å². The van der Waals surface area contributed by atoms with Gasteiger partial charge in [-0.05, 0) is 20.0 Å². The van der Waals surface area contributed by atoms with Crippen molar-refractivity contribution >= 4 is 11.9 Å². The Labute approximate surface area is 92.6 Å². The normalized spacial score (nSPS) is 10.7. The summed E-state index contributed by atoms with van der Waals surface area (Å²) in [6.45, 7) is 2.22. The van der Waals surface area contributed by atoms with E-state index in [1.807, 2.05) is 0 Å². The van der Waals surface area contributed by atoms with Crippen LogP contribution >= 0.6 is 0 Å². The molecule has 0 unspecified atom stereocenters. The zero-order valence-corrected chi connectivity index (χ0v) is 9.19. The molecule has 0 saturated heterocycles. The SMILES string of the molecule is Cc1oc(C(=O)O)cc1CN(C)CC(N)=O. The minimum absolute atomic E-state index is 0.0972. The van der Waals surface area contributed by atoms with Crippen molar-refractivity contribution in [1.82, 2.24) is 4.90 Å². The van der Waals surface area contributed by atoms with E-state index in [1.165, 1.54) is 6.07 Å². The standard InChI is InChI=1S/C10H14N2O4/c1-6-7(3-8(16-6)10(14)15)4-12(2)5-9(11)13/h3H,4-5H2,1-2H3,(H2,11,13)(H,14,15). The van der Waals surface area contributed by atoms with Crippen LogP contribution in [0.25, 0.3) is 0 Å². The van der Waals surface area contributed by atoms with Gasteiger partial charge < -0.3 is 15.3 Å². The highest BCUT2D eigenvalue weighted by atomic mass is 16.4. The molecule has 0 aliphatic heterocycles. The molecule has 1 aromatic rings. The van der Waals surface area contributed by atoms with E-state index in [1.54, 1.807) is 18.9 Å². The summed E-state index contributed by atoms with van der Waals surface area (Å²) < 4.78 is 5.04. The number of carbonyl (C=O) groups excluding carboxylic acids is 1. The summed E-state index contributed by atoms with van der Waals surface area (Å²) in [6, 6.07) is 1.45. The maximum Gasteiger partial charge on any atom is 0.371 e. The van der Waals surface area contributed by atoms with Crippen molar-refractivity contribution < 1.29 is 19.1 Å². The molecule has 88 valence electrons. The van der Waals surface area contributed by atoms with Crippen LogP contribution in [0.3, 0.4) is 0 Å². The van der Waals surface area contributed by atoms with Crippen molar-refractivity contribution in [3.05, 3.63) is 23.2 Å². The van der Waals surface area contributed by atoms with E-state index in [2.05, 4.69) is 0 Å².